The average molecular weight is 503 g/mol. The Bertz CT molecular complexity index is 1050. The van der Waals surface area contributed by atoms with E-state index >= 15 is 0 Å². The second-order valence-corrected chi connectivity index (χ2v) is 7.70. The molecule has 0 unspecified atom stereocenters. The van der Waals surface area contributed by atoms with Crippen molar-refractivity contribution in [2.45, 2.75) is 6.54 Å². The zero-order valence-electron chi connectivity index (χ0n) is 19.9. The molecule has 188 valence electrons. The lowest BCUT2D eigenvalue weighted by Crippen LogP contribution is -2.16. The summed E-state index contributed by atoms with van der Waals surface area (Å²) in [5.74, 6) is 2.65. The molecule has 0 saturated carbocycles. The first-order chi connectivity index (χ1) is 17.1. The third-order valence-electron chi connectivity index (χ3n) is 4.82. The van der Waals surface area contributed by atoms with Crippen LogP contribution in [0.15, 0.2) is 42.5 Å². The van der Waals surface area contributed by atoms with Crippen LogP contribution in [0.25, 0.3) is 11.4 Å². The Hall–Kier alpha value is -3.18. The largest absolute Gasteiger partial charge is 0.493 e. The van der Waals surface area contributed by atoms with Gasteiger partial charge in [-0.15, -0.1) is 0 Å². The molecule has 4 N–H and O–H groups in total. The Morgan fingerprint density at radius 3 is 2.23 bits per heavy atom. The van der Waals surface area contributed by atoms with Crippen molar-refractivity contribution in [3.63, 3.8) is 0 Å². The van der Waals surface area contributed by atoms with Crippen LogP contribution in [0.4, 0.5) is 11.9 Å². The standard InChI is InChI=1S/C24H31ClN6O4/c1-32-20-5-3-4-18(21(20)33-2)16-28-24-30-22(17-6-8-19(25)9-7-17)29-23(31-24)27-11-13-35-15-14-34-12-10-26/h3-9H,10-16,26H2,1-2H3,(H2,27,28,29,30,31). The van der Waals surface area contributed by atoms with E-state index in [-0.39, 0.29) is 0 Å². The van der Waals surface area contributed by atoms with E-state index in [2.05, 4.69) is 25.6 Å². The summed E-state index contributed by atoms with van der Waals surface area (Å²) in [7, 11) is 3.21. The van der Waals surface area contributed by atoms with Crippen molar-refractivity contribution in [2.75, 3.05) is 64.4 Å². The zero-order chi connectivity index (χ0) is 24.9. The first-order valence-electron chi connectivity index (χ1n) is 11.2. The van der Waals surface area contributed by atoms with Gasteiger partial charge in [0.25, 0.3) is 0 Å². The van der Waals surface area contributed by atoms with Crippen molar-refractivity contribution in [1.29, 1.82) is 0 Å². The summed E-state index contributed by atoms with van der Waals surface area (Å²) in [6.45, 7) is 3.43. The SMILES string of the molecule is COc1cccc(CNc2nc(NCCOCCOCCN)nc(-c3ccc(Cl)cc3)n2)c1OC. The number of anilines is 2. The van der Waals surface area contributed by atoms with Crippen LogP contribution in [-0.4, -0.2) is 68.7 Å². The topological polar surface area (TPSA) is 126 Å². The van der Waals surface area contributed by atoms with Gasteiger partial charge in [-0.2, -0.15) is 15.0 Å². The summed E-state index contributed by atoms with van der Waals surface area (Å²) in [4.78, 5) is 13.6. The van der Waals surface area contributed by atoms with Crippen molar-refractivity contribution in [3.05, 3.63) is 53.1 Å². The number of halogens is 1. The maximum absolute atomic E-state index is 6.04. The Morgan fingerprint density at radius 2 is 1.54 bits per heavy atom. The van der Waals surface area contributed by atoms with E-state index in [1.807, 2.05) is 30.3 Å². The Balaban J connectivity index is 1.70. The molecule has 0 bridgehead atoms. The van der Waals surface area contributed by atoms with Gasteiger partial charge in [-0.3, -0.25) is 0 Å². The van der Waals surface area contributed by atoms with Gasteiger partial charge in [-0.05, 0) is 30.3 Å². The number of para-hydroxylation sites is 1. The summed E-state index contributed by atoms with van der Waals surface area (Å²) in [6.07, 6.45) is 0. The number of rotatable bonds is 15. The maximum Gasteiger partial charge on any atom is 0.228 e. The van der Waals surface area contributed by atoms with Crippen LogP contribution in [-0.2, 0) is 16.0 Å². The number of aromatic nitrogens is 3. The van der Waals surface area contributed by atoms with Crippen LogP contribution in [0.2, 0.25) is 5.02 Å². The number of nitrogens with zero attached hydrogens (tertiary/aromatic N) is 3. The van der Waals surface area contributed by atoms with Crippen molar-refractivity contribution < 1.29 is 18.9 Å². The molecule has 0 fully saturated rings. The monoisotopic (exact) mass is 502 g/mol. The number of nitrogens with two attached hydrogens (primary N) is 1. The molecular weight excluding hydrogens is 472 g/mol. The number of nitrogens with one attached hydrogen (secondary N) is 2. The van der Waals surface area contributed by atoms with Gasteiger partial charge in [0, 0.05) is 35.8 Å². The Labute approximate surface area is 210 Å². The highest BCUT2D eigenvalue weighted by Crippen LogP contribution is 2.31. The summed E-state index contributed by atoms with van der Waals surface area (Å²) >= 11 is 6.04. The van der Waals surface area contributed by atoms with E-state index < -0.39 is 0 Å². The highest BCUT2D eigenvalue weighted by Gasteiger charge is 2.12. The van der Waals surface area contributed by atoms with Gasteiger partial charge in [0.2, 0.25) is 11.9 Å². The summed E-state index contributed by atoms with van der Waals surface area (Å²) in [5.41, 5.74) is 7.11. The van der Waals surface area contributed by atoms with Gasteiger partial charge in [-0.25, -0.2) is 0 Å². The molecule has 11 heteroatoms. The molecule has 10 nitrogen and oxygen atoms in total. The van der Waals surface area contributed by atoms with Crippen LogP contribution in [0, 0.1) is 0 Å². The van der Waals surface area contributed by atoms with Gasteiger partial charge in [0.15, 0.2) is 17.3 Å². The minimum atomic E-state index is 0.411. The lowest BCUT2D eigenvalue weighted by atomic mass is 10.2. The number of benzene rings is 2. The summed E-state index contributed by atoms with van der Waals surface area (Å²) < 4.78 is 21.8. The van der Waals surface area contributed by atoms with Crippen LogP contribution >= 0.6 is 11.6 Å². The molecule has 1 heterocycles. The van der Waals surface area contributed by atoms with Crippen molar-refractivity contribution in [2.24, 2.45) is 5.73 Å². The molecule has 0 aliphatic heterocycles. The van der Waals surface area contributed by atoms with Crippen molar-refractivity contribution in [1.82, 2.24) is 15.0 Å². The predicted octanol–water partition coefficient (Wildman–Crippen LogP) is 3.23. The van der Waals surface area contributed by atoms with E-state index in [0.29, 0.717) is 80.3 Å². The number of hydrogen-bond acceptors (Lipinski definition) is 10. The van der Waals surface area contributed by atoms with Gasteiger partial charge < -0.3 is 35.3 Å². The highest BCUT2D eigenvalue weighted by molar-refractivity contribution is 6.30. The average Bonchev–Trinajstić information content (AvgIpc) is 2.89. The summed E-state index contributed by atoms with van der Waals surface area (Å²) in [5, 5.41) is 7.08. The van der Waals surface area contributed by atoms with Gasteiger partial charge in [-0.1, -0.05) is 23.7 Å². The van der Waals surface area contributed by atoms with Gasteiger partial charge in [0.1, 0.15) is 0 Å². The normalized spacial score (nSPS) is 10.7. The minimum absolute atomic E-state index is 0.411. The van der Waals surface area contributed by atoms with E-state index in [0.717, 1.165) is 11.1 Å². The van der Waals surface area contributed by atoms with Gasteiger partial charge in [0.05, 0.1) is 40.6 Å². The van der Waals surface area contributed by atoms with E-state index in [1.54, 1.807) is 26.4 Å². The summed E-state index contributed by atoms with van der Waals surface area (Å²) in [6, 6.07) is 13.0. The lowest BCUT2D eigenvalue weighted by Gasteiger charge is -2.14. The number of hydrogen-bond donors (Lipinski definition) is 3. The molecule has 0 spiro atoms. The smallest absolute Gasteiger partial charge is 0.228 e. The molecule has 3 aromatic rings. The molecule has 0 amide bonds. The fourth-order valence-corrected chi connectivity index (χ4v) is 3.30. The zero-order valence-corrected chi connectivity index (χ0v) is 20.7. The molecule has 1 aromatic heterocycles. The molecular formula is C24H31ClN6O4. The quantitative estimate of drug-likeness (QED) is 0.267. The third-order valence-corrected chi connectivity index (χ3v) is 5.07. The molecule has 0 saturated heterocycles. The van der Waals surface area contributed by atoms with Crippen LogP contribution in [0.3, 0.4) is 0 Å². The maximum atomic E-state index is 6.04. The fourth-order valence-electron chi connectivity index (χ4n) is 3.17. The second kappa shape index (κ2) is 14.3. The number of methoxy groups -OCH3 is 2. The number of ether oxygens (including phenoxy) is 4. The first-order valence-corrected chi connectivity index (χ1v) is 11.6. The third kappa shape index (κ3) is 8.22. The van der Waals surface area contributed by atoms with Crippen LogP contribution in [0.1, 0.15) is 5.56 Å². The van der Waals surface area contributed by atoms with Crippen LogP contribution in [0.5, 0.6) is 11.5 Å². The Kier molecular flexibility index (Phi) is 10.8. The molecule has 0 atom stereocenters. The molecule has 3 rings (SSSR count). The second-order valence-electron chi connectivity index (χ2n) is 7.26. The lowest BCUT2D eigenvalue weighted by molar-refractivity contribution is 0.0547. The Morgan fingerprint density at radius 1 is 0.829 bits per heavy atom. The molecule has 0 radical (unpaired) electrons. The van der Waals surface area contributed by atoms with E-state index in [4.69, 9.17) is 36.3 Å². The van der Waals surface area contributed by atoms with E-state index in [1.165, 1.54) is 0 Å². The molecule has 35 heavy (non-hydrogen) atoms. The first kappa shape index (κ1) is 26.4. The van der Waals surface area contributed by atoms with Crippen molar-refractivity contribution >= 4 is 23.5 Å². The molecule has 0 aliphatic carbocycles. The minimum Gasteiger partial charge on any atom is -0.493 e. The van der Waals surface area contributed by atoms with Crippen molar-refractivity contribution in [3.8, 4) is 22.9 Å². The molecule has 0 aliphatic rings. The van der Waals surface area contributed by atoms with Crippen LogP contribution < -0.4 is 25.8 Å². The van der Waals surface area contributed by atoms with E-state index in [9.17, 15) is 0 Å². The fraction of sp³-hybridized carbons (Fsp3) is 0.375. The molecule has 2 aromatic carbocycles. The predicted molar refractivity (Wildman–Crippen MR) is 136 cm³/mol. The highest BCUT2D eigenvalue weighted by atomic mass is 35.5. The van der Waals surface area contributed by atoms with Gasteiger partial charge >= 0.3 is 0 Å².